The van der Waals surface area contributed by atoms with Crippen LogP contribution in [0.5, 0.6) is 0 Å². The first kappa shape index (κ1) is 23.8. The van der Waals surface area contributed by atoms with E-state index in [1.54, 1.807) is 17.4 Å². The molecule has 2 heterocycles. The summed E-state index contributed by atoms with van der Waals surface area (Å²) in [4.78, 5) is 5.14. The smallest absolute Gasteiger partial charge is 0.147 e. The van der Waals surface area contributed by atoms with Gasteiger partial charge in [-0.2, -0.15) is 0 Å². The molecule has 0 radical (unpaired) electrons. The normalized spacial score (nSPS) is 11.5. The van der Waals surface area contributed by atoms with Crippen molar-refractivity contribution < 1.29 is 4.39 Å². The first-order valence-electron chi connectivity index (χ1n) is 13.6. The summed E-state index contributed by atoms with van der Waals surface area (Å²) in [5.74, 6) is 0.669. The summed E-state index contributed by atoms with van der Waals surface area (Å²) >= 11 is 1.62. The zero-order chi connectivity index (χ0) is 27.3. The van der Waals surface area contributed by atoms with Crippen molar-refractivity contribution in [2.24, 2.45) is 0 Å². The summed E-state index contributed by atoms with van der Waals surface area (Å²) in [6.07, 6.45) is 0. The molecule has 0 fully saturated rings. The fraction of sp³-hybridized carbons (Fsp3) is 0. The van der Waals surface area contributed by atoms with Gasteiger partial charge in [0.25, 0.3) is 0 Å². The van der Waals surface area contributed by atoms with Gasteiger partial charge in [0.2, 0.25) is 0 Å². The zero-order valence-electron chi connectivity index (χ0n) is 22.0. The standard InChI is InChI=1S/C37H23FN2S/c38-32-23-35-31(22-30(32)26-12-5-2-6-13-26)28-14-9-15-29(36(28)41-35)37-39-33-16-7-8-17-34(33)40(37)27-20-18-25(19-21-27)24-10-3-1-4-11-24/h1-23H. The third-order valence-corrected chi connectivity index (χ3v) is 8.91. The van der Waals surface area contributed by atoms with Crippen molar-refractivity contribution in [1.29, 1.82) is 0 Å². The van der Waals surface area contributed by atoms with Gasteiger partial charge in [0, 0.05) is 37.0 Å². The predicted octanol–water partition coefficient (Wildman–Crippen LogP) is 10.5. The number of benzene rings is 6. The van der Waals surface area contributed by atoms with Gasteiger partial charge in [-0.1, -0.05) is 97.1 Å². The number of para-hydroxylation sites is 2. The van der Waals surface area contributed by atoms with Crippen molar-refractivity contribution in [3.63, 3.8) is 0 Å². The molecule has 0 aliphatic rings. The van der Waals surface area contributed by atoms with E-state index in [0.29, 0.717) is 5.56 Å². The Labute approximate surface area is 240 Å². The van der Waals surface area contributed by atoms with Gasteiger partial charge in [-0.05, 0) is 59.2 Å². The van der Waals surface area contributed by atoms with Gasteiger partial charge < -0.3 is 0 Å². The van der Waals surface area contributed by atoms with Crippen LogP contribution < -0.4 is 0 Å². The van der Waals surface area contributed by atoms with Crippen molar-refractivity contribution in [3.8, 4) is 39.3 Å². The highest BCUT2D eigenvalue weighted by Crippen LogP contribution is 2.43. The highest BCUT2D eigenvalue weighted by Gasteiger charge is 2.19. The molecule has 0 aliphatic heterocycles. The first-order valence-corrected chi connectivity index (χ1v) is 14.4. The molecule has 0 saturated heterocycles. The lowest BCUT2D eigenvalue weighted by Crippen LogP contribution is -1.97. The van der Waals surface area contributed by atoms with Crippen LogP contribution in [0.25, 0.3) is 70.5 Å². The molecule has 0 aliphatic carbocycles. The van der Waals surface area contributed by atoms with Gasteiger partial charge in [-0.15, -0.1) is 11.3 Å². The number of hydrogen-bond acceptors (Lipinski definition) is 2. The number of thiophene rings is 1. The maximum absolute atomic E-state index is 15.3. The van der Waals surface area contributed by atoms with E-state index in [1.807, 2.05) is 48.5 Å². The monoisotopic (exact) mass is 546 g/mol. The Balaban J connectivity index is 1.34. The first-order chi connectivity index (χ1) is 20.2. The summed E-state index contributed by atoms with van der Waals surface area (Å²) in [5.41, 5.74) is 7.92. The Bertz CT molecular complexity index is 2190. The number of nitrogens with zero attached hydrogens (tertiary/aromatic N) is 2. The van der Waals surface area contributed by atoms with Crippen molar-refractivity contribution >= 4 is 42.5 Å². The molecule has 0 atom stereocenters. The summed E-state index contributed by atoms with van der Waals surface area (Å²) in [5, 5.41) is 2.17. The molecule has 0 spiro atoms. The van der Waals surface area contributed by atoms with Crippen LogP contribution in [0.1, 0.15) is 0 Å². The molecule has 0 saturated carbocycles. The number of rotatable bonds is 4. The van der Waals surface area contributed by atoms with E-state index in [1.165, 1.54) is 11.1 Å². The third-order valence-electron chi connectivity index (χ3n) is 7.71. The van der Waals surface area contributed by atoms with Crippen LogP contribution in [0.4, 0.5) is 4.39 Å². The lowest BCUT2D eigenvalue weighted by molar-refractivity contribution is 0.633. The van der Waals surface area contributed by atoms with E-state index in [2.05, 4.69) is 89.5 Å². The van der Waals surface area contributed by atoms with E-state index >= 15 is 4.39 Å². The number of fused-ring (bicyclic) bond motifs is 4. The van der Waals surface area contributed by atoms with Crippen LogP contribution in [-0.4, -0.2) is 9.55 Å². The molecule has 6 aromatic carbocycles. The minimum Gasteiger partial charge on any atom is -0.292 e. The molecule has 0 unspecified atom stereocenters. The molecule has 2 aromatic heterocycles. The Kier molecular flexibility index (Phi) is 5.54. The molecule has 0 bridgehead atoms. The summed E-state index contributed by atoms with van der Waals surface area (Å²) < 4.78 is 19.6. The molecule has 0 amide bonds. The molecular weight excluding hydrogens is 523 g/mol. The summed E-state index contributed by atoms with van der Waals surface area (Å²) in [7, 11) is 0. The lowest BCUT2D eigenvalue weighted by Gasteiger charge is -2.11. The molecular formula is C37H23FN2S. The van der Waals surface area contributed by atoms with Crippen LogP contribution in [0, 0.1) is 5.82 Å². The predicted molar refractivity (Wildman–Crippen MR) is 170 cm³/mol. The van der Waals surface area contributed by atoms with E-state index < -0.39 is 0 Å². The quantitative estimate of drug-likeness (QED) is 0.215. The fourth-order valence-corrected chi connectivity index (χ4v) is 6.95. The highest BCUT2D eigenvalue weighted by atomic mass is 32.1. The lowest BCUT2D eigenvalue weighted by atomic mass is 10.0. The SMILES string of the molecule is Fc1cc2sc3c(-c4nc5ccccc5n4-c4ccc(-c5ccccc5)cc4)cccc3c2cc1-c1ccccc1. The molecule has 2 nitrogen and oxygen atoms in total. The van der Waals surface area contributed by atoms with Gasteiger partial charge in [0.1, 0.15) is 11.6 Å². The minimum absolute atomic E-state index is 0.206. The van der Waals surface area contributed by atoms with Gasteiger partial charge in [0.15, 0.2) is 0 Å². The van der Waals surface area contributed by atoms with E-state index in [9.17, 15) is 0 Å². The van der Waals surface area contributed by atoms with Gasteiger partial charge >= 0.3 is 0 Å². The largest absolute Gasteiger partial charge is 0.292 e. The van der Waals surface area contributed by atoms with Gasteiger partial charge in [-0.3, -0.25) is 4.57 Å². The Morgan fingerprint density at radius 1 is 0.561 bits per heavy atom. The summed E-state index contributed by atoms with van der Waals surface area (Å²) in [6, 6.07) is 47.1. The molecule has 0 N–H and O–H groups in total. The van der Waals surface area contributed by atoms with Crippen LogP contribution in [0.2, 0.25) is 0 Å². The van der Waals surface area contributed by atoms with Gasteiger partial charge in [0.05, 0.1) is 11.0 Å². The van der Waals surface area contributed by atoms with Crippen LogP contribution >= 0.6 is 11.3 Å². The molecule has 8 aromatic rings. The fourth-order valence-electron chi connectivity index (χ4n) is 5.74. The molecule has 4 heteroatoms. The van der Waals surface area contributed by atoms with Crippen molar-refractivity contribution in [1.82, 2.24) is 9.55 Å². The van der Waals surface area contributed by atoms with Crippen LogP contribution in [0.15, 0.2) is 140 Å². The number of aromatic nitrogens is 2. The topological polar surface area (TPSA) is 17.8 Å². The number of imidazole rings is 1. The van der Waals surface area contributed by atoms with E-state index in [4.69, 9.17) is 4.98 Å². The second-order valence-electron chi connectivity index (χ2n) is 10.2. The summed E-state index contributed by atoms with van der Waals surface area (Å²) in [6.45, 7) is 0. The van der Waals surface area contributed by atoms with Crippen LogP contribution in [-0.2, 0) is 0 Å². The molecule has 194 valence electrons. The van der Waals surface area contributed by atoms with Crippen molar-refractivity contribution in [2.45, 2.75) is 0 Å². The Morgan fingerprint density at radius 3 is 2.02 bits per heavy atom. The second kappa shape index (κ2) is 9.54. The average molecular weight is 547 g/mol. The van der Waals surface area contributed by atoms with E-state index in [0.717, 1.165) is 53.8 Å². The van der Waals surface area contributed by atoms with E-state index in [-0.39, 0.29) is 5.82 Å². The van der Waals surface area contributed by atoms with Crippen LogP contribution in [0.3, 0.4) is 0 Å². The average Bonchev–Trinajstić information content (AvgIpc) is 3.59. The van der Waals surface area contributed by atoms with Gasteiger partial charge in [-0.25, -0.2) is 9.37 Å². The number of hydrogen-bond donors (Lipinski definition) is 0. The Morgan fingerprint density at radius 2 is 1.24 bits per heavy atom. The maximum Gasteiger partial charge on any atom is 0.147 e. The molecule has 8 rings (SSSR count). The second-order valence-corrected chi connectivity index (χ2v) is 11.2. The van der Waals surface area contributed by atoms with Crippen molar-refractivity contribution in [2.75, 3.05) is 0 Å². The van der Waals surface area contributed by atoms with Crippen molar-refractivity contribution in [3.05, 3.63) is 145 Å². The zero-order valence-corrected chi connectivity index (χ0v) is 22.8. The number of halogens is 1. The highest BCUT2D eigenvalue weighted by molar-refractivity contribution is 7.26. The third kappa shape index (κ3) is 3.95. The minimum atomic E-state index is -0.206. The molecule has 41 heavy (non-hydrogen) atoms. The Hall–Kier alpha value is -5.06. The maximum atomic E-state index is 15.3.